The molecule has 0 bridgehead atoms. The number of primary amides is 1. The maximum atomic E-state index is 11.7. The number of hydrogen-bond acceptors (Lipinski definition) is 5. The molecule has 1 amide bonds. The van der Waals surface area contributed by atoms with Crippen molar-refractivity contribution in [3.05, 3.63) is 54.1 Å². The zero-order chi connectivity index (χ0) is 19.2. The van der Waals surface area contributed by atoms with Gasteiger partial charge in [0.05, 0.1) is 12.7 Å². The number of nitrogens with one attached hydrogen (secondary N) is 1. The molecular weight excluding hydrogens is 340 g/mol. The van der Waals surface area contributed by atoms with Crippen LogP contribution in [0, 0.1) is 0 Å². The summed E-state index contributed by atoms with van der Waals surface area (Å²) in [6, 6.07) is 16.1. The quantitative estimate of drug-likeness (QED) is 0.785. The third-order valence-corrected chi connectivity index (χ3v) is 4.92. The molecule has 6 nitrogen and oxygen atoms in total. The number of para-hydroxylation sites is 1. The topological polar surface area (TPSA) is 70.8 Å². The van der Waals surface area contributed by atoms with E-state index in [0.29, 0.717) is 11.3 Å². The lowest BCUT2D eigenvalue weighted by atomic mass is 10.1. The molecule has 0 saturated carbocycles. The van der Waals surface area contributed by atoms with Crippen LogP contribution in [0.5, 0.6) is 5.75 Å². The molecular formula is C21H28N4O2. The summed E-state index contributed by atoms with van der Waals surface area (Å²) in [5, 5.41) is 3.42. The molecule has 1 atom stereocenters. The number of nitrogens with two attached hydrogens (primary N) is 1. The second kappa shape index (κ2) is 8.77. The minimum atomic E-state index is -0.458. The van der Waals surface area contributed by atoms with E-state index < -0.39 is 5.91 Å². The van der Waals surface area contributed by atoms with Crippen LogP contribution in [0.2, 0.25) is 0 Å². The van der Waals surface area contributed by atoms with Crippen molar-refractivity contribution in [1.29, 1.82) is 0 Å². The Morgan fingerprint density at radius 2 is 1.85 bits per heavy atom. The van der Waals surface area contributed by atoms with Gasteiger partial charge in [0.1, 0.15) is 5.75 Å². The summed E-state index contributed by atoms with van der Waals surface area (Å²) in [6.45, 7) is 7.11. The highest BCUT2D eigenvalue weighted by molar-refractivity contribution is 5.99. The Hall–Kier alpha value is -2.73. The smallest absolute Gasteiger partial charge is 0.250 e. The van der Waals surface area contributed by atoms with E-state index >= 15 is 0 Å². The third-order valence-electron chi connectivity index (χ3n) is 4.92. The number of nitrogens with zero attached hydrogens (tertiary/aromatic N) is 2. The van der Waals surface area contributed by atoms with Gasteiger partial charge in [-0.15, -0.1) is 0 Å². The fraction of sp³-hybridized carbons (Fsp3) is 0.381. The van der Waals surface area contributed by atoms with Crippen LogP contribution in [0.15, 0.2) is 48.5 Å². The van der Waals surface area contributed by atoms with Gasteiger partial charge >= 0.3 is 0 Å². The van der Waals surface area contributed by atoms with Gasteiger partial charge < -0.3 is 20.7 Å². The van der Waals surface area contributed by atoms with Crippen molar-refractivity contribution in [2.24, 2.45) is 5.73 Å². The second-order valence-electron chi connectivity index (χ2n) is 6.94. The monoisotopic (exact) mass is 368 g/mol. The fourth-order valence-electron chi connectivity index (χ4n) is 3.51. The van der Waals surface area contributed by atoms with Crippen LogP contribution in [-0.4, -0.2) is 56.7 Å². The zero-order valence-electron chi connectivity index (χ0n) is 16.0. The van der Waals surface area contributed by atoms with Crippen molar-refractivity contribution in [2.75, 3.05) is 50.1 Å². The number of anilines is 2. The summed E-state index contributed by atoms with van der Waals surface area (Å²) in [5.41, 5.74) is 8.01. The highest BCUT2D eigenvalue weighted by Crippen LogP contribution is 2.23. The molecule has 3 rings (SSSR count). The van der Waals surface area contributed by atoms with Crippen LogP contribution >= 0.6 is 0 Å². The summed E-state index contributed by atoms with van der Waals surface area (Å²) in [4.78, 5) is 16.6. The number of piperazine rings is 1. The van der Waals surface area contributed by atoms with Crippen LogP contribution in [0.1, 0.15) is 17.3 Å². The van der Waals surface area contributed by atoms with Gasteiger partial charge in [0.15, 0.2) is 0 Å². The number of amides is 1. The molecule has 2 aromatic carbocycles. The van der Waals surface area contributed by atoms with Crippen LogP contribution in [-0.2, 0) is 0 Å². The van der Waals surface area contributed by atoms with E-state index in [0.717, 1.165) is 38.4 Å². The van der Waals surface area contributed by atoms with Gasteiger partial charge in [-0.05, 0) is 37.3 Å². The van der Waals surface area contributed by atoms with Gasteiger partial charge in [-0.25, -0.2) is 0 Å². The van der Waals surface area contributed by atoms with Gasteiger partial charge in [-0.3, -0.25) is 9.69 Å². The van der Waals surface area contributed by atoms with E-state index in [4.69, 9.17) is 10.5 Å². The number of methoxy groups -OCH3 is 1. The largest absolute Gasteiger partial charge is 0.497 e. The molecule has 2 aromatic rings. The highest BCUT2D eigenvalue weighted by Gasteiger charge is 2.19. The average molecular weight is 368 g/mol. The maximum absolute atomic E-state index is 11.7. The first-order valence-corrected chi connectivity index (χ1v) is 9.33. The van der Waals surface area contributed by atoms with Crippen molar-refractivity contribution < 1.29 is 9.53 Å². The van der Waals surface area contributed by atoms with Crippen LogP contribution in [0.25, 0.3) is 0 Å². The Bertz CT molecular complexity index is 758. The number of benzene rings is 2. The maximum Gasteiger partial charge on any atom is 0.250 e. The second-order valence-corrected chi connectivity index (χ2v) is 6.94. The van der Waals surface area contributed by atoms with Gasteiger partial charge in [-0.2, -0.15) is 0 Å². The molecule has 1 saturated heterocycles. The number of rotatable bonds is 7. The van der Waals surface area contributed by atoms with E-state index in [1.54, 1.807) is 13.2 Å². The molecule has 1 fully saturated rings. The summed E-state index contributed by atoms with van der Waals surface area (Å²) >= 11 is 0. The van der Waals surface area contributed by atoms with Crippen LogP contribution in [0.3, 0.4) is 0 Å². The van der Waals surface area contributed by atoms with Gasteiger partial charge in [-0.1, -0.05) is 18.2 Å². The van der Waals surface area contributed by atoms with E-state index in [9.17, 15) is 4.79 Å². The number of carbonyl (C=O) groups is 1. The lowest BCUT2D eigenvalue weighted by Gasteiger charge is -2.37. The third kappa shape index (κ3) is 4.92. The lowest BCUT2D eigenvalue weighted by molar-refractivity contribution is 0.100. The Labute approximate surface area is 160 Å². The molecule has 0 spiro atoms. The van der Waals surface area contributed by atoms with Crippen molar-refractivity contribution in [2.45, 2.75) is 13.0 Å². The molecule has 1 aliphatic rings. The first kappa shape index (κ1) is 19.0. The molecule has 3 N–H and O–H groups in total. The van der Waals surface area contributed by atoms with Crippen molar-refractivity contribution in [3.8, 4) is 5.75 Å². The lowest BCUT2D eigenvalue weighted by Crippen LogP contribution is -2.49. The standard InChI is InChI=1S/C21H28N4O2/c1-16(23-20-9-8-18(27-2)14-19(20)21(22)26)15-24-10-12-25(13-11-24)17-6-4-3-5-7-17/h3-9,14,16,23H,10-13,15H2,1-2H3,(H2,22,26). The van der Waals surface area contributed by atoms with Crippen LogP contribution in [0.4, 0.5) is 11.4 Å². The summed E-state index contributed by atoms with van der Waals surface area (Å²) in [5.74, 6) is 0.166. The molecule has 0 aromatic heterocycles. The van der Waals surface area contributed by atoms with Crippen LogP contribution < -0.4 is 20.7 Å². The molecule has 1 unspecified atom stereocenters. The van der Waals surface area contributed by atoms with Gasteiger partial charge in [0.2, 0.25) is 0 Å². The molecule has 1 aliphatic heterocycles. The molecule has 6 heteroatoms. The molecule has 0 aliphatic carbocycles. The van der Waals surface area contributed by atoms with Gasteiger partial charge in [0.25, 0.3) is 5.91 Å². The Morgan fingerprint density at radius 1 is 1.15 bits per heavy atom. The first-order chi connectivity index (χ1) is 13.1. The summed E-state index contributed by atoms with van der Waals surface area (Å²) in [6.07, 6.45) is 0. The predicted molar refractivity (Wildman–Crippen MR) is 110 cm³/mol. The normalized spacial score (nSPS) is 16.0. The van der Waals surface area contributed by atoms with E-state index in [1.165, 1.54) is 5.69 Å². The van der Waals surface area contributed by atoms with Crippen molar-refractivity contribution in [3.63, 3.8) is 0 Å². The van der Waals surface area contributed by atoms with E-state index in [2.05, 4.69) is 46.3 Å². The Morgan fingerprint density at radius 3 is 2.48 bits per heavy atom. The average Bonchev–Trinajstić information content (AvgIpc) is 2.69. The minimum absolute atomic E-state index is 0.194. The minimum Gasteiger partial charge on any atom is -0.497 e. The Balaban J connectivity index is 1.55. The molecule has 27 heavy (non-hydrogen) atoms. The van der Waals surface area contributed by atoms with E-state index in [1.807, 2.05) is 18.2 Å². The van der Waals surface area contributed by atoms with Crippen molar-refractivity contribution >= 4 is 17.3 Å². The SMILES string of the molecule is COc1ccc(NC(C)CN2CCN(c3ccccc3)CC2)c(C(N)=O)c1. The Kier molecular flexibility index (Phi) is 6.19. The molecule has 0 radical (unpaired) electrons. The van der Waals surface area contributed by atoms with Gasteiger partial charge in [0, 0.05) is 50.1 Å². The number of ether oxygens (including phenoxy) is 1. The molecule has 144 valence electrons. The zero-order valence-corrected chi connectivity index (χ0v) is 16.0. The fourth-order valence-corrected chi connectivity index (χ4v) is 3.51. The summed E-state index contributed by atoms with van der Waals surface area (Å²) < 4.78 is 5.18. The first-order valence-electron chi connectivity index (χ1n) is 9.33. The predicted octanol–water partition coefficient (Wildman–Crippen LogP) is 2.42. The summed E-state index contributed by atoms with van der Waals surface area (Å²) in [7, 11) is 1.57. The molecule has 1 heterocycles. The van der Waals surface area contributed by atoms with E-state index in [-0.39, 0.29) is 6.04 Å². The number of hydrogen-bond donors (Lipinski definition) is 2. The highest BCUT2D eigenvalue weighted by atomic mass is 16.5. The number of carbonyl (C=O) groups excluding carboxylic acids is 1. The van der Waals surface area contributed by atoms with Crippen molar-refractivity contribution in [1.82, 2.24) is 4.90 Å².